The van der Waals surface area contributed by atoms with E-state index < -0.39 is 18.2 Å². The summed E-state index contributed by atoms with van der Waals surface area (Å²) in [6.07, 6.45) is -2.19. The molecule has 2 aromatic rings. The minimum absolute atomic E-state index is 0.178. The molecule has 0 aliphatic rings. The number of para-hydroxylation sites is 1. The summed E-state index contributed by atoms with van der Waals surface area (Å²) in [5.74, 6) is -0.773. The van der Waals surface area contributed by atoms with Crippen LogP contribution < -0.4 is 5.32 Å². The quantitative estimate of drug-likeness (QED) is 0.679. The Kier molecular flexibility index (Phi) is 5.94. The maximum Gasteiger partial charge on any atom is 0.339 e. The predicted molar refractivity (Wildman–Crippen MR) is 83.3 cm³/mol. The summed E-state index contributed by atoms with van der Waals surface area (Å²) in [6.45, 7) is 0.0707. The molecule has 2 rings (SSSR count). The second kappa shape index (κ2) is 8.17. The van der Waals surface area contributed by atoms with Crippen LogP contribution in [0.2, 0.25) is 0 Å². The Bertz CT molecular complexity index is 574. The maximum absolute atomic E-state index is 11.7. The highest BCUT2D eigenvalue weighted by molar-refractivity contribution is 5.76. The molecule has 0 fully saturated rings. The molecular weight excluding hydrogens is 282 g/mol. The van der Waals surface area contributed by atoms with Gasteiger partial charge in [-0.3, -0.25) is 0 Å². The Morgan fingerprint density at radius 1 is 1.00 bits per heavy atom. The molecule has 0 saturated carbocycles. The minimum Gasteiger partial charge on any atom is -0.461 e. The van der Waals surface area contributed by atoms with Crippen LogP contribution in [0, 0.1) is 0 Å². The van der Waals surface area contributed by atoms with E-state index in [0.717, 1.165) is 5.69 Å². The van der Waals surface area contributed by atoms with Gasteiger partial charge >= 0.3 is 5.97 Å². The monoisotopic (exact) mass is 301 g/mol. The summed E-state index contributed by atoms with van der Waals surface area (Å²) in [5.41, 5.74) is 1.33. The van der Waals surface area contributed by atoms with Crippen molar-refractivity contribution >= 4 is 11.7 Å². The van der Waals surface area contributed by atoms with Gasteiger partial charge in [0.05, 0.1) is 0 Å². The zero-order chi connectivity index (χ0) is 15.8. The van der Waals surface area contributed by atoms with Crippen LogP contribution in [0.15, 0.2) is 60.7 Å². The number of aliphatic hydroxyl groups excluding tert-OH is 2. The minimum atomic E-state index is -1.34. The molecule has 0 heterocycles. The molecule has 3 N–H and O–H groups in total. The van der Waals surface area contributed by atoms with Gasteiger partial charge < -0.3 is 20.3 Å². The first-order chi connectivity index (χ1) is 10.7. The molecule has 0 saturated heterocycles. The van der Waals surface area contributed by atoms with Crippen molar-refractivity contribution in [1.29, 1.82) is 0 Å². The lowest BCUT2D eigenvalue weighted by Crippen LogP contribution is -2.28. The molecule has 0 aliphatic heterocycles. The van der Waals surface area contributed by atoms with E-state index in [1.54, 1.807) is 30.3 Å². The van der Waals surface area contributed by atoms with Crippen molar-refractivity contribution in [3.8, 4) is 0 Å². The normalized spacial score (nSPS) is 13.2. The predicted octanol–water partition coefficient (Wildman–Crippen LogP) is 1.74. The van der Waals surface area contributed by atoms with Crippen LogP contribution >= 0.6 is 0 Å². The number of esters is 1. The van der Waals surface area contributed by atoms with Gasteiger partial charge in [0.2, 0.25) is 0 Å². The molecule has 2 aromatic carbocycles. The summed E-state index contributed by atoms with van der Waals surface area (Å²) in [5, 5.41) is 22.7. The molecule has 2 unspecified atom stereocenters. The van der Waals surface area contributed by atoms with Gasteiger partial charge in [-0.1, -0.05) is 48.5 Å². The van der Waals surface area contributed by atoms with Gasteiger partial charge in [0.15, 0.2) is 6.10 Å². The Labute approximate surface area is 129 Å². The van der Waals surface area contributed by atoms with Crippen molar-refractivity contribution in [1.82, 2.24) is 0 Å². The molecule has 0 amide bonds. The van der Waals surface area contributed by atoms with Crippen LogP contribution in [0.3, 0.4) is 0 Å². The molecule has 116 valence electrons. The van der Waals surface area contributed by atoms with E-state index in [1.165, 1.54) is 0 Å². The summed E-state index contributed by atoms with van der Waals surface area (Å²) in [7, 11) is 0. The van der Waals surface area contributed by atoms with Crippen LogP contribution in [-0.2, 0) is 9.53 Å². The van der Waals surface area contributed by atoms with Gasteiger partial charge in [-0.05, 0) is 17.7 Å². The molecule has 0 aliphatic carbocycles. The third kappa shape index (κ3) is 4.87. The van der Waals surface area contributed by atoms with Gasteiger partial charge in [-0.15, -0.1) is 0 Å². The van der Waals surface area contributed by atoms with Crippen LogP contribution in [0.1, 0.15) is 11.7 Å². The van der Waals surface area contributed by atoms with Gasteiger partial charge in [0.25, 0.3) is 0 Å². The standard InChI is InChI=1S/C17H19NO4/c19-15(11-18-14-9-5-2-6-10-14)12-22-17(21)16(20)13-7-3-1-4-8-13/h1-10,15-16,18-20H,11-12H2. The van der Waals surface area contributed by atoms with E-state index in [4.69, 9.17) is 4.74 Å². The average molecular weight is 301 g/mol. The first kappa shape index (κ1) is 16.0. The van der Waals surface area contributed by atoms with Gasteiger partial charge in [0.1, 0.15) is 12.7 Å². The molecule has 0 aromatic heterocycles. The first-order valence-corrected chi connectivity index (χ1v) is 7.03. The van der Waals surface area contributed by atoms with Gasteiger partial charge in [-0.25, -0.2) is 4.79 Å². The number of anilines is 1. The van der Waals surface area contributed by atoms with Crippen molar-refractivity contribution in [2.75, 3.05) is 18.5 Å². The number of hydrogen-bond donors (Lipinski definition) is 3. The third-order valence-corrected chi connectivity index (χ3v) is 3.07. The Hall–Kier alpha value is -2.37. The second-order valence-corrected chi connectivity index (χ2v) is 4.84. The van der Waals surface area contributed by atoms with Crippen LogP contribution in [0.25, 0.3) is 0 Å². The highest BCUT2D eigenvalue weighted by atomic mass is 16.6. The Morgan fingerprint density at radius 2 is 1.59 bits per heavy atom. The fourth-order valence-corrected chi connectivity index (χ4v) is 1.88. The van der Waals surface area contributed by atoms with E-state index in [0.29, 0.717) is 5.56 Å². The fraction of sp³-hybridized carbons (Fsp3) is 0.235. The Balaban J connectivity index is 1.74. The molecule has 0 bridgehead atoms. The van der Waals surface area contributed by atoms with Crippen LogP contribution in [0.5, 0.6) is 0 Å². The van der Waals surface area contributed by atoms with Crippen molar-refractivity contribution in [2.45, 2.75) is 12.2 Å². The number of hydrogen-bond acceptors (Lipinski definition) is 5. The zero-order valence-corrected chi connectivity index (χ0v) is 12.1. The van der Waals surface area contributed by atoms with Crippen molar-refractivity contribution in [2.24, 2.45) is 0 Å². The van der Waals surface area contributed by atoms with E-state index in [9.17, 15) is 15.0 Å². The van der Waals surface area contributed by atoms with E-state index in [-0.39, 0.29) is 13.2 Å². The van der Waals surface area contributed by atoms with Crippen molar-refractivity contribution in [3.63, 3.8) is 0 Å². The highest BCUT2D eigenvalue weighted by Crippen LogP contribution is 2.13. The summed E-state index contributed by atoms with van der Waals surface area (Å²) in [4.78, 5) is 11.7. The number of nitrogens with one attached hydrogen (secondary N) is 1. The highest BCUT2D eigenvalue weighted by Gasteiger charge is 2.19. The average Bonchev–Trinajstić information content (AvgIpc) is 2.58. The molecule has 22 heavy (non-hydrogen) atoms. The molecule has 0 spiro atoms. The van der Waals surface area contributed by atoms with Crippen molar-refractivity contribution < 1.29 is 19.7 Å². The zero-order valence-electron chi connectivity index (χ0n) is 12.1. The number of carbonyl (C=O) groups is 1. The van der Waals surface area contributed by atoms with Crippen molar-refractivity contribution in [3.05, 3.63) is 66.2 Å². The Morgan fingerprint density at radius 3 is 2.23 bits per heavy atom. The lowest BCUT2D eigenvalue weighted by atomic mass is 10.1. The summed E-state index contributed by atoms with van der Waals surface area (Å²) >= 11 is 0. The summed E-state index contributed by atoms with van der Waals surface area (Å²) in [6, 6.07) is 17.9. The molecule has 5 heteroatoms. The van der Waals surface area contributed by atoms with E-state index >= 15 is 0 Å². The number of carbonyl (C=O) groups excluding carboxylic acids is 1. The van der Waals surface area contributed by atoms with Crippen LogP contribution in [-0.4, -0.2) is 35.4 Å². The lowest BCUT2D eigenvalue weighted by Gasteiger charge is -2.15. The first-order valence-electron chi connectivity index (χ1n) is 7.03. The van der Waals surface area contributed by atoms with E-state index in [1.807, 2.05) is 30.3 Å². The smallest absolute Gasteiger partial charge is 0.339 e. The second-order valence-electron chi connectivity index (χ2n) is 4.84. The van der Waals surface area contributed by atoms with Gasteiger partial charge in [0, 0.05) is 12.2 Å². The molecule has 2 atom stereocenters. The molecular formula is C17H19NO4. The fourth-order valence-electron chi connectivity index (χ4n) is 1.88. The SMILES string of the molecule is O=C(OCC(O)CNc1ccccc1)C(O)c1ccccc1. The molecule has 5 nitrogen and oxygen atoms in total. The molecule has 0 radical (unpaired) electrons. The number of aliphatic hydroxyl groups is 2. The largest absolute Gasteiger partial charge is 0.461 e. The number of ether oxygens (including phenoxy) is 1. The maximum atomic E-state index is 11.7. The number of benzene rings is 2. The summed E-state index contributed by atoms with van der Waals surface area (Å²) < 4.78 is 4.93. The van der Waals surface area contributed by atoms with E-state index in [2.05, 4.69) is 5.32 Å². The van der Waals surface area contributed by atoms with Crippen LogP contribution in [0.4, 0.5) is 5.69 Å². The third-order valence-electron chi connectivity index (χ3n) is 3.07. The van der Waals surface area contributed by atoms with Gasteiger partial charge in [-0.2, -0.15) is 0 Å². The lowest BCUT2D eigenvalue weighted by molar-refractivity contribution is -0.156. The number of rotatable bonds is 7. The topological polar surface area (TPSA) is 78.8 Å².